The van der Waals surface area contributed by atoms with Crippen molar-refractivity contribution < 1.29 is 14.6 Å². The summed E-state index contributed by atoms with van der Waals surface area (Å²) >= 11 is 1.83. The van der Waals surface area contributed by atoms with Crippen molar-refractivity contribution in [3.8, 4) is 5.88 Å². The first-order valence-electron chi connectivity index (χ1n) is 3.26. The molecule has 0 saturated heterocycles. The zero-order valence-corrected chi connectivity index (χ0v) is 8.45. The minimum Gasteiger partial charge on any atom is -0.478 e. The van der Waals surface area contributed by atoms with Crippen LogP contribution in [0.25, 0.3) is 0 Å². The number of nitrogens with one attached hydrogen (secondary N) is 1. The van der Waals surface area contributed by atoms with Gasteiger partial charge in [0, 0.05) is 0 Å². The molecule has 0 saturated carbocycles. The van der Waals surface area contributed by atoms with Crippen molar-refractivity contribution in [2.45, 2.75) is 6.92 Å². The Morgan fingerprint density at radius 3 is 3.00 bits per heavy atom. The minimum atomic E-state index is -1.03. The van der Waals surface area contributed by atoms with Crippen molar-refractivity contribution in [1.29, 1.82) is 0 Å². The zero-order chi connectivity index (χ0) is 9.14. The number of carbonyl (C=O) groups is 1. The Bertz CT molecular complexity index is 297. The molecule has 1 heterocycles. The third-order valence-electron chi connectivity index (χ3n) is 1.19. The van der Waals surface area contributed by atoms with Crippen molar-refractivity contribution in [3.63, 3.8) is 0 Å². The Labute approximate surface area is 82.3 Å². The number of rotatable bonds is 3. The van der Waals surface area contributed by atoms with Crippen LogP contribution in [0.1, 0.15) is 17.3 Å². The van der Waals surface area contributed by atoms with Crippen LogP contribution in [-0.2, 0) is 0 Å². The Morgan fingerprint density at radius 1 is 1.83 bits per heavy atom. The van der Waals surface area contributed by atoms with Crippen LogP contribution in [0.2, 0.25) is 0 Å². The van der Waals surface area contributed by atoms with Crippen LogP contribution in [-0.4, -0.2) is 27.9 Å². The lowest BCUT2D eigenvalue weighted by atomic mass is 10.3. The van der Waals surface area contributed by atoms with E-state index in [0.29, 0.717) is 10.3 Å². The molecule has 5 nitrogen and oxygen atoms in total. The number of ether oxygens (including phenoxy) is 1. The molecular weight excluding hydrogens is 275 g/mol. The van der Waals surface area contributed by atoms with Crippen LogP contribution in [0.15, 0.2) is 0 Å². The second kappa shape index (κ2) is 3.74. The van der Waals surface area contributed by atoms with Gasteiger partial charge in [-0.1, -0.05) is 0 Å². The summed E-state index contributed by atoms with van der Waals surface area (Å²) in [6, 6.07) is 0. The highest BCUT2D eigenvalue weighted by Gasteiger charge is 2.18. The van der Waals surface area contributed by atoms with E-state index in [9.17, 15) is 4.79 Å². The summed E-state index contributed by atoms with van der Waals surface area (Å²) in [4.78, 5) is 10.6. The van der Waals surface area contributed by atoms with Crippen LogP contribution in [0.4, 0.5) is 0 Å². The van der Waals surface area contributed by atoms with E-state index >= 15 is 0 Å². The molecule has 0 radical (unpaired) electrons. The van der Waals surface area contributed by atoms with Gasteiger partial charge < -0.3 is 9.84 Å². The highest BCUT2D eigenvalue weighted by molar-refractivity contribution is 14.1. The van der Waals surface area contributed by atoms with Crippen molar-refractivity contribution in [2.75, 3.05) is 6.61 Å². The molecule has 0 fully saturated rings. The van der Waals surface area contributed by atoms with E-state index in [4.69, 9.17) is 9.84 Å². The molecule has 2 N–H and O–H groups in total. The Kier molecular flexibility index (Phi) is 2.90. The predicted octanol–water partition coefficient (Wildman–Crippen LogP) is 1.11. The van der Waals surface area contributed by atoms with Gasteiger partial charge in [0.15, 0.2) is 5.56 Å². The second-order valence-corrected chi connectivity index (χ2v) is 2.98. The van der Waals surface area contributed by atoms with Gasteiger partial charge in [-0.2, -0.15) is 5.10 Å². The molecule has 0 aliphatic heterocycles. The molecule has 0 aliphatic carbocycles. The largest absolute Gasteiger partial charge is 0.478 e. The van der Waals surface area contributed by atoms with Crippen LogP contribution < -0.4 is 4.74 Å². The molecule has 1 aromatic heterocycles. The number of halogens is 1. The van der Waals surface area contributed by atoms with Crippen LogP contribution in [0.5, 0.6) is 5.88 Å². The van der Waals surface area contributed by atoms with E-state index in [1.807, 2.05) is 22.6 Å². The Balaban J connectivity index is 3.04. The van der Waals surface area contributed by atoms with Crippen LogP contribution in [0.3, 0.4) is 0 Å². The maximum Gasteiger partial charge on any atom is 0.344 e. The first-order chi connectivity index (χ1) is 5.66. The standard InChI is InChI=1S/C6H7IN2O3/c1-2-12-5-3(6(10)11)4(7)8-9-5/h2H2,1H3,(H,8,9)(H,10,11). The number of aromatic amines is 1. The van der Waals surface area contributed by atoms with E-state index in [1.54, 1.807) is 6.92 Å². The van der Waals surface area contributed by atoms with E-state index in [2.05, 4.69) is 10.2 Å². The minimum absolute atomic E-state index is 0.0949. The van der Waals surface area contributed by atoms with Gasteiger partial charge >= 0.3 is 5.97 Å². The van der Waals surface area contributed by atoms with E-state index < -0.39 is 5.97 Å². The highest BCUT2D eigenvalue weighted by atomic mass is 127. The molecule has 6 heteroatoms. The lowest BCUT2D eigenvalue weighted by Gasteiger charge is -1.98. The van der Waals surface area contributed by atoms with Crippen LogP contribution in [0, 0.1) is 3.70 Å². The van der Waals surface area contributed by atoms with Gasteiger partial charge in [0.1, 0.15) is 3.70 Å². The molecule has 0 atom stereocenters. The lowest BCUT2D eigenvalue weighted by molar-refractivity contribution is 0.0691. The van der Waals surface area contributed by atoms with Gasteiger partial charge in [-0.25, -0.2) is 9.89 Å². The van der Waals surface area contributed by atoms with E-state index in [1.165, 1.54) is 0 Å². The molecule has 1 aromatic rings. The average molecular weight is 282 g/mol. The summed E-state index contributed by atoms with van der Waals surface area (Å²) in [6.07, 6.45) is 0. The Hall–Kier alpha value is -0.790. The zero-order valence-electron chi connectivity index (χ0n) is 6.30. The van der Waals surface area contributed by atoms with E-state index in [0.717, 1.165) is 0 Å². The van der Waals surface area contributed by atoms with Crippen molar-refractivity contribution in [1.82, 2.24) is 10.2 Å². The third kappa shape index (κ3) is 1.68. The number of aromatic carboxylic acids is 1. The first-order valence-corrected chi connectivity index (χ1v) is 4.34. The maximum atomic E-state index is 10.6. The summed E-state index contributed by atoms with van der Waals surface area (Å²) in [7, 11) is 0. The fourth-order valence-corrected chi connectivity index (χ4v) is 1.34. The van der Waals surface area contributed by atoms with Crippen LogP contribution >= 0.6 is 22.6 Å². The van der Waals surface area contributed by atoms with Gasteiger partial charge in [0.05, 0.1) is 6.61 Å². The normalized spacial score (nSPS) is 9.83. The Morgan fingerprint density at radius 2 is 2.50 bits per heavy atom. The maximum absolute atomic E-state index is 10.6. The van der Waals surface area contributed by atoms with Crippen molar-refractivity contribution in [3.05, 3.63) is 9.26 Å². The summed E-state index contributed by atoms with van der Waals surface area (Å²) in [6.45, 7) is 2.19. The molecule has 66 valence electrons. The quantitative estimate of drug-likeness (QED) is 0.814. The molecule has 0 spiro atoms. The molecule has 0 aromatic carbocycles. The fraction of sp³-hybridized carbons (Fsp3) is 0.333. The molecule has 1 rings (SSSR count). The smallest absolute Gasteiger partial charge is 0.344 e. The molecule has 0 amide bonds. The van der Waals surface area contributed by atoms with E-state index in [-0.39, 0.29) is 11.4 Å². The molecule has 0 aliphatic rings. The second-order valence-electron chi connectivity index (χ2n) is 1.96. The summed E-state index contributed by atoms with van der Waals surface area (Å²) in [5.74, 6) is -0.814. The topological polar surface area (TPSA) is 75.2 Å². The van der Waals surface area contributed by atoms with Crippen molar-refractivity contribution >= 4 is 28.6 Å². The number of nitrogens with zero attached hydrogens (tertiary/aromatic N) is 1. The first kappa shape index (κ1) is 9.30. The summed E-state index contributed by atoms with van der Waals surface area (Å²) in [5, 5.41) is 14.9. The average Bonchev–Trinajstić information content (AvgIpc) is 2.32. The monoisotopic (exact) mass is 282 g/mol. The van der Waals surface area contributed by atoms with Gasteiger partial charge in [0.25, 0.3) is 0 Å². The van der Waals surface area contributed by atoms with Gasteiger partial charge in [-0.3, -0.25) is 0 Å². The number of carboxylic acid groups (broad SMARTS) is 1. The highest BCUT2D eigenvalue weighted by Crippen LogP contribution is 2.20. The summed E-state index contributed by atoms with van der Waals surface area (Å²) < 4.78 is 5.42. The number of aromatic nitrogens is 2. The van der Waals surface area contributed by atoms with Gasteiger partial charge in [0.2, 0.25) is 5.88 Å². The van der Waals surface area contributed by atoms with Gasteiger partial charge in [-0.15, -0.1) is 0 Å². The number of hydrogen-bond donors (Lipinski definition) is 2. The number of H-pyrrole nitrogens is 1. The predicted molar refractivity (Wildman–Crippen MR) is 49.4 cm³/mol. The number of carboxylic acids is 1. The number of hydrogen-bond acceptors (Lipinski definition) is 3. The molecule has 0 unspecified atom stereocenters. The SMILES string of the molecule is CCOc1[nH]nc(I)c1C(=O)O. The fourth-order valence-electron chi connectivity index (χ4n) is 0.739. The molecule has 12 heavy (non-hydrogen) atoms. The van der Waals surface area contributed by atoms with Crippen molar-refractivity contribution in [2.24, 2.45) is 0 Å². The molecular formula is C6H7IN2O3. The summed E-state index contributed by atoms with van der Waals surface area (Å²) in [5.41, 5.74) is 0.0949. The molecule has 0 bridgehead atoms. The van der Waals surface area contributed by atoms with Gasteiger partial charge in [-0.05, 0) is 29.5 Å². The third-order valence-corrected chi connectivity index (χ3v) is 1.97. The lowest BCUT2D eigenvalue weighted by Crippen LogP contribution is -2.02.